The summed E-state index contributed by atoms with van der Waals surface area (Å²) in [7, 11) is -1.03. The van der Waals surface area contributed by atoms with E-state index in [9.17, 15) is 18.0 Å². The molecule has 1 aromatic heterocycles. The van der Waals surface area contributed by atoms with Crippen molar-refractivity contribution in [3.05, 3.63) is 17.9 Å². The Morgan fingerprint density at radius 2 is 1.91 bits per heavy atom. The molecule has 0 spiro atoms. The summed E-state index contributed by atoms with van der Waals surface area (Å²) < 4.78 is 29.7. The fraction of sp³-hybridized carbons (Fsp3) is 0.538. The fourth-order valence-corrected chi connectivity index (χ4v) is 2.24. The molecule has 0 fully saturated rings. The first kappa shape index (κ1) is 18.2. The monoisotopic (exact) mass is 332 g/mol. The number of rotatable bonds is 7. The molecule has 8 nitrogen and oxygen atoms in total. The van der Waals surface area contributed by atoms with Gasteiger partial charge < -0.3 is 14.8 Å². The number of hydrogen-bond donors (Lipinski definition) is 2. The molecule has 0 aliphatic rings. The molecule has 0 saturated carbocycles. The van der Waals surface area contributed by atoms with E-state index in [-0.39, 0.29) is 23.8 Å². The minimum absolute atomic E-state index is 0.134. The molecule has 2 N–H and O–H groups in total. The molecule has 1 amide bonds. The average Bonchev–Trinajstić information content (AvgIpc) is 2.88. The van der Waals surface area contributed by atoms with E-state index in [4.69, 9.17) is 9.52 Å². The number of carboxylic acid groups (broad SMARTS) is 1. The third-order valence-electron chi connectivity index (χ3n) is 3.15. The van der Waals surface area contributed by atoms with Gasteiger partial charge in [0.2, 0.25) is 5.09 Å². The molecular formula is C13H20N2O6S. The van der Waals surface area contributed by atoms with Crippen LogP contribution in [0.25, 0.3) is 0 Å². The second-order valence-electron chi connectivity index (χ2n) is 5.60. The van der Waals surface area contributed by atoms with Gasteiger partial charge in [-0.1, -0.05) is 0 Å². The topological polar surface area (TPSA) is 117 Å². The molecule has 9 heteroatoms. The molecule has 0 radical (unpaired) electrons. The van der Waals surface area contributed by atoms with E-state index in [1.807, 2.05) is 0 Å². The zero-order chi connectivity index (χ0) is 17.1. The van der Waals surface area contributed by atoms with Gasteiger partial charge in [-0.25, -0.2) is 12.7 Å². The van der Waals surface area contributed by atoms with Gasteiger partial charge in [-0.05, 0) is 32.4 Å². The SMILES string of the molecule is CN(C)S(=O)(=O)c1ccc(C(=O)NCCC(C)(C)C(=O)O)o1. The number of amides is 1. The number of carboxylic acids is 1. The van der Waals surface area contributed by atoms with Crippen molar-refractivity contribution in [1.82, 2.24) is 9.62 Å². The number of carbonyl (C=O) groups excluding carboxylic acids is 1. The number of nitrogens with one attached hydrogen (secondary N) is 1. The lowest BCUT2D eigenvalue weighted by atomic mass is 9.90. The standard InChI is InChI=1S/C13H20N2O6S/c1-13(2,12(17)18)7-8-14-11(16)9-5-6-10(21-9)22(19,20)15(3)4/h5-6H,7-8H2,1-4H3,(H,14,16)(H,17,18). The van der Waals surface area contributed by atoms with Crippen molar-refractivity contribution in [2.24, 2.45) is 5.41 Å². The second kappa shape index (κ2) is 6.49. The van der Waals surface area contributed by atoms with Gasteiger partial charge in [-0.15, -0.1) is 0 Å². The van der Waals surface area contributed by atoms with Crippen molar-refractivity contribution in [2.75, 3.05) is 20.6 Å². The van der Waals surface area contributed by atoms with E-state index in [0.29, 0.717) is 0 Å². The molecule has 0 aliphatic carbocycles. The van der Waals surface area contributed by atoms with Crippen LogP contribution in [0.4, 0.5) is 0 Å². The number of nitrogens with zero attached hydrogens (tertiary/aromatic N) is 1. The summed E-state index contributed by atoms with van der Waals surface area (Å²) in [4.78, 5) is 22.8. The Kier molecular flexibility index (Phi) is 5.36. The number of furan rings is 1. The highest BCUT2D eigenvalue weighted by Gasteiger charge is 2.27. The smallest absolute Gasteiger partial charge is 0.309 e. The highest BCUT2D eigenvalue weighted by atomic mass is 32.2. The van der Waals surface area contributed by atoms with Gasteiger partial charge in [0, 0.05) is 20.6 Å². The molecular weight excluding hydrogens is 312 g/mol. The molecule has 0 aromatic carbocycles. The van der Waals surface area contributed by atoms with Gasteiger partial charge in [0.15, 0.2) is 5.76 Å². The molecule has 22 heavy (non-hydrogen) atoms. The van der Waals surface area contributed by atoms with Crippen LogP contribution in [0.1, 0.15) is 30.8 Å². The number of aliphatic carboxylic acids is 1. The summed E-state index contributed by atoms with van der Waals surface area (Å²) in [5, 5.41) is 11.1. The minimum Gasteiger partial charge on any atom is -0.481 e. The van der Waals surface area contributed by atoms with Crippen LogP contribution in [-0.4, -0.2) is 50.3 Å². The van der Waals surface area contributed by atoms with Crippen LogP contribution in [0, 0.1) is 5.41 Å². The largest absolute Gasteiger partial charge is 0.481 e. The van der Waals surface area contributed by atoms with E-state index in [1.54, 1.807) is 13.8 Å². The number of carbonyl (C=O) groups is 2. The summed E-state index contributed by atoms with van der Waals surface area (Å²) in [6, 6.07) is 2.46. The molecule has 0 saturated heterocycles. The normalized spacial score (nSPS) is 12.4. The third-order valence-corrected chi connectivity index (χ3v) is 4.84. The quantitative estimate of drug-likeness (QED) is 0.761. The summed E-state index contributed by atoms with van der Waals surface area (Å²) in [6.45, 7) is 3.24. The molecule has 1 heterocycles. The van der Waals surface area contributed by atoms with Gasteiger partial charge in [0.05, 0.1) is 5.41 Å². The first-order valence-electron chi connectivity index (χ1n) is 6.52. The molecule has 0 aliphatic heterocycles. The van der Waals surface area contributed by atoms with Gasteiger partial charge in [-0.2, -0.15) is 0 Å². The van der Waals surface area contributed by atoms with Crippen LogP contribution in [0.3, 0.4) is 0 Å². The lowest BCUT2D eigenvalue weighted by Gasteiger charge is -2.18. The van der Waals surface area contributed by atoms with Gasteiger partial charge >= 0.3 is 5.97 Å². The van der Waals surface area contributed by atoms with E-state index in [2.05, 4.69) is 5.32 Å². The van der Waals surface area contributed by atoms with Crippen LogP contribution in [0.15, 0.2) is 21.6 Å². The Labute approximate surface area is 129 Å². The zero-order valence-electron chi connectivity index (χ0n) is 12.9. The summed E-state index contributed by atoms with van der Waals surface area (Å²) in [6.07, 6.45) is 0.234. The van der Waals surface area contributed by atoms with E-state index < -0.39 is 27.3 Å². The zero-order valence-corrected chi connectivity index (χ0v) is 13.7. The Morgan fingerprint density at radius 3 is 2.41 bits per heavy atom. The maximum Gasteiger partial charge on any atom is 0.309 e. The summed E-state index contributed by atoms with van der Waals surface area (Å²) >= 11 is 0. The van der Waals surface area contributed by atoms with Crippen LogP contribution in [0.2, 0.25) is 0 Å². The first-order chi connectivity index (χ1) is 9.98. The molecule has 124 valence electrons. The van der Waals surface area contributed by atoms with Crippen molar-refractivity contribution >= 4 is 21.9 Å². The molecule has 0 atom stereocenters. The average molecular weight is 332 g/mol. The highest BCUT2D eigenvalue weighted by molar-refractivity contribution is 7.88. The highest BCUT2D eigenvalue weighted by Crippen LogP contribution is 2.20. The second-order valence-corrected chi connectivity index (χ2v) is 7.68. The van der Waals surface area contributed by atoms with Gasteiger partial charge in [0.25, 0.3) is 15.9 Å². The van der Waals surface area contributed by atoms with Crippen molar-refractivity contribution in [2.45, 2.75) is 25.4 Å². The molecule has 1 aromatic rings. The molecule has 0 bridgehead atoms. The van der Waals surface area contributed by atoms with E-state index >= 15 is 0 Å². The Morgan fingerprint density at radius 1 is 1.32 bits per heavy atom. The van der Waals surface area contributed by atoms with Crippen molar-refractivity contribution < 1.29 is 27.5 Å². The fourth-order valence-electron chi connectivity index (χ4n) is 1.44. The maximum atomic E-state index is 11.8. The van der Waals surface area contributed by atoms with Gasteiger partial charge in [-0.3, -0.25) is 9.59 Å². The van der Waals surface area contributed by atoms with Crippen molar-refractivity contribution in [3.8, 4) is 0 Å². The Hall–Kier alpha value is -1.87. The van der Waals surface area contributed by atoms with E-state index in [0.717, 1.165) is 4.31 Å². The van der Waals surface area contributed by atoms with E-state index in [1.165, 1.54) is 26.2 Å². The van der Waals surface area contributed by atoms with Gasteiger partial charge in [0.1, 0.15) is 0 Å². The van der Waals surface area contributed by atoms with Crippen LogP contribution < -0.4 is 5.32 Å². The Balaban J connectivity index is 2.69. The molecule has 1 rings (SSSR count). The first-order valence-corrected chi connectivity index (χ1v) is 7.96. The van der Waals surface area contributed by atoms with Crippen molar-refractivity contribution in [1.29, 1.82) is 0 Å². The minimum atomic E-state index is -3.74. The predicted molar refractivity (Wildman–Crippen MR) is 77.9 cm³/mol. The van der Waals surface area contributed by atoms with Crippen LogP contribution >= 0.6 is 0 Å². The lowest BCUT2D eigenvalue weighted by Crippen LogP contribution is -2.31. The predicted octanol–water partition coefficient (Wildman–Crippen LogP) is 0.761. The van der Waals surface area contributed by atoms with Crippen molar-refractivity contribution in [3.63, 3.8) is 0 Å². The summed E-state index contributed by atoms with van der Waals surface area (Å²) in [5.74, 6) is -1.70. The Bertz CT molecular complexity index is 660. The number of sulfonamides is 1. The van der Waals surface area contributed by atoms with Crippen LogP contribution in [0.5, 0.6) is 0 Å². The van der Waals surface area contributed by atoms with Crippen LogP contribution in [-0.2, 0) is 14.8 Å². The molecule has 0 unspecified atom stereocenters. The summed E-state index contributed by atoms with van der Waals surface area (Å²) in [5.41, 5.74) is -0.962. The maximum absolute atomic E-state index is 11.8. The lowest BCUT2D eigenvalue weighted by molar-refractivity contribution is -0.147. The number of hydrogen-bond acceptors (Lipinski definition) is 5. The third kappa shape index (κ3) is 4.08.